The third kappa shape index (κ3) is 4.78. The second-order valence-electron chi connectivity index (χ2n) is 7.80. The summed E-state index contributed by atoms with van der Waals surface area (Å²) in [6.07, 6.45) is 1.92. The molecule has 176 valence electrons. The van der Waals surface area contributed by atoms with Crippen LogP contribution in [0.2, 0.25) is 5.02 Å². The van der Waals surface area contributed by atoms with Crippen LogP contribution in [0, 0.1) is 13.8 Å². The quantitative estimate of drug-likeness (QED) is 0.331. The van der Waals surface area contributed by atoms with Crippen LogP contribution in [0.3, 0.4) is 0 Å². The number of amides is 1. The normalized spacial score (nSPS) is 10.9. The number of benzene rings is 2. The maximum absolute atomic E-state index is 11.5. The molecule has 4 rings (SSSR count). The van der Waals surface area contributed by atoms with Crippen LogP contribution in [0.4, 0.5) is 11.5 Å². The number of hydrogen-bond donors (Lipinski definition) is 3. The number of aromatic nitrogens is 2. The van der Waals surface area contributed by atoms with Crippen LogP contribution in [-0.4, -0.2) is 35.1 Å². The molecule has 0 bridgehead atoms. The molecule has 1 amide bonds. The molecular weight excluding hydrogens is 454 g/mol. The summed E-state index contributed by atoms with van der Waals surface area (Å²) in [6.45, 7) is 4.40. The number of ether oxygens (including phenoxy) is 2. The second kappa shape index (κ2) is 10.0. The highest BCUT2D eigenvalue weighted by atomic mass is 35.5. The van der Waals surface area contributed by atoms with Crippen molar-refractivity contribution in [1.29, 1.82) is 0 Å². The lowest BCUT2D eigenvalue weighted by Crippen LogP contribution is -2.20. The molecule has 0 aliphatic heterocycles. The standard InChI is InChI=1S/C25H26ClN5O3/c1-15-6-5-7-16(2)23(15)30-25-24(29-21-8-3-4-10-31(21)25)22-18(26)12-17(33-11-9-27)13-19(22)34-14-20(28)32/h3-8,10,12-13,30H,9,11,14,27H2,1-2H3,(H2,28,32). The lowest BCUT2D eigenvalue weighted by molar-refractivity contribution is -0.119. The summed E-state index contributed by atoms with van der Waals surface area (Å²) in [5, 5.41) is 3.89. The summed E-state index contributed by atoms with van der Waals surface area (Å²) < 4.78 is 13.3. The number of para-hydroxylation sites is 1. The maximum atomic E-state index is 11.5. The first kappa shape index (κ1) is 23.4. The molecule has 2 aromatic heterocycles. The third-order valence-corrected chi connectivity index (χ3v) is 5.57. The van der Waals surface area contributed by atoms with Gasteiger partial charge in [0.2, 0.25) is 0 Å². The highest BCUT2D eigenvalue weighted by molar-refractivity contribution is 6.34. The molecular formula is C25H26ClN5O3. The minimum atomic E-state index is -0.612. The fourth-order valence-electron chi connectivity index (χ4n) is 3.73. The van der Waals surface area contributed by atoms with Crippen molar-refractivity contribution >= 4 is 34.7 Å². The van der Waals surface area contributed by atoms with E-state index in [9.17, 15) is 4.79 Å². The highest BCUT2D eigenvalue weighted by Crippen LogP contribution is 2.44. The van der Waals surface area contributed by atoms with E-state index in [1.807, 2.05) is 60.8 Å². The molecule has 34 heavy (non-hydrogen) atoms. The van der Waals surface area contributed by atoms with Crippen LogP contribution < -0.4 is 26.3 Å². The molecule has 0 fully saturated rings. The van der Waals surface area contributed by atoms with E-state index in [0.29, 0.717) is 52.4 Å². The molecule has 0 saturated carbocycles. The second-order valence-corrected chi connectivity index (χ2v) is 8.21. The zero-order chi connectivity index (χ0) is 24.2. The largest absolute Gasteiger partial charge is 0.492 e. The smallest absolute Gasteiger partial charge is 0.255 e. The van der Waals surface area contributed by atoms with Crippen molar-refractivity contribution in [1.82, 2.24) is 9.38 Å². The van der Waals surface area contributed by atoms with Crippen molar-refractivity contribution in [3.05, 3.63) is 70.9 Å². The third-order valence-electron chi connectivity index (χ3n) is 5.28. The lowest BCUT2D eigenvalue weighted by Gasteiger charge is -2.17. The summed E-state index contributed by atoms with van der Waals surface area (Å²) >= 11 is 6.74. The number of primary amides is 1. The first-order valence-electron chi connectivity index (χ1n) is 10.8. The average molecular weight is 480 g/mol. The first-order valence-corrected chi connectivity index (χ1v) is 11.1. The minimum absolute atomic E-state index is 0.304. The fraction of sp³-hybridized carbons (Fsp3) is 0.200. The van der Waals surface area contributed by atoms with E-state index in [4.69, 9.17) is 37.5 Å². The maximum Gasteiger partial charge on any atom is 0.255 e. The Balaban J connectivity index is 1.92. The van der Waals surface area contributed by atoms with E-state index in [2.05, 4.69) is 5.32 Å². The predicted molar refractivity (Wildman–Crippen MR) is 134 cm³/mol. The van der Waals surface area contributed by atoms with Crippen LogP contribution in [0.25, 0.3) is 16.9 Å². The van der Waals surface area contributed by atoms with Gasteiger partial charge in [-0.1, -0.05) is 35.9 Å². The van der Waals surface area contributed by atoms with Gasteiger partial charge in [-0.05, 0) is 43.2 Å². The number of fused-ring (bicyclic) bond motifs is 1. The van der Waals surface area contributed by atoms with Crippen molar-refractivity contribution in [3.8, 4) is 22.8 Å². The number of hydrogen-bond acceptors (Lipinski definition) is 6. The van der Waals surface area contributed by atoms with Gasteiger partial charge in [0.15, 0.2) is 6.61 Å². The molecule has 2 aromatic carbocycles. The van der Waals surface area contributed by atoms with E-state index in [1.165, 1.54) is 0 Å². The van der Waals surface area contributed by atoms with Crippen molar-refractivity contribution < 1.29 is 14.3 Å². The van der Waals surface area contributed by atoms with Gasteiger partial charge in [-0.3, -0.25) is 9.20 Å². The number of nitrogens with two attached hydrogens (primary N) is 2. The van der Waals surface area contributed by atoms with Crippen molar-refractivity contribution in [2.45, 2.75) is 13.8 Å². The molecule has 8 nitrogen and oxygen atoms in total. The van der Waals surface area contributed by atoms with Gasteiger partial charge in [0.25, 0.3) is 5.91 Å². The fourth-order valence-corrected chi connectivity index (χ4v) is 4.02. The Hall–Kier alpha value is -3.75. The molecule has 0 radical (unpaired) electrons. The van der Waals surface area contributed by atoms with Crippen LogP contribution in [-0.2, 0) is 4.79 Å². The summed E-state index contributed by atoms with van der Waals surface area (Å²) in [5.41, 5.74) is 15.8. The number of nitrogens with one attached hydrogen (secondary N) is 1. The van der Waals surface area contributed by atoms with Gasteiger partial charge in [-0.2, -0.15) is 0 Å². The number of pyridine rings is 1. The lowest BCUT2D eigenvalue weighted by atomic mass is 10.1. The van der Waals surface area contributed by atoms with E-state index in [0.717, 1.165) is 16.8 Å². The average Bonchev–Trinajstić information content (AvgIpc) is 3.16. The van der Waals surface area contributed by atoms with Gasteiger partial charge >= 0.3 is 0 Å². The van der Waals surface area contributed by atoms with Crippen molar-refractivity contribution in [2.75, 3.05) is 25.1 Å². The number of halogens is 1. The van der Waals surface area contributed by atoms with E-state index in [-0.39, 0.29) is 6.61 Å². The molecule has 5 N–H and O–H groups in total. The van der Waals surface area contributed by atoms with Crippen molar-refractivity contribution in [3.63, 3.8) is 0 Å². The Kier molecular flexibility index (Phi) is 6.90. The number of rotatable bonds is 9. The zero-order valence-corrected chi connectivity index (χ0v) is 19.7. The van der Waals surface area contributed by atoms with Gasteiger partial charge in [0, 0.05) is 24.5 Å². The van der Waals surface area contributed by atoms with Gasteiger partial charge in [-0.25, -0.2) is 4.98 Å². The summed E-state index contributed by atoms with van der Waals surface area (Å²) in [5.74, 6) is 0.881. The highest BCUT2D eigenvalue weighted by Gasteiger charge is 2.23. The molecule has 9 heteroatoms. The zero-order valence-electron chi connectivity index (χ0n) is 19.0. The van der Waals surface area contributed by atoms with Crippen LogP contribution in [0.15, 0.2) is 54.7 Å². The molecule has 0 aliphatic rings. The Morgan fingerprint density at radius 3 is 2.59 bits per heavy atom. The van der Waals surface area contributed by atoms with Gasteiger partial charge in [0.05, 0.1) is 10.6 Å². The van der Waals surface area contributed by atoms with E-state index >= 15 is 0 Å². The van der Waals surface area contributed by atoms with Gasteiger partial charge in [0.1, 0.15) is 35.3 Å². The molecule has 0 aliphatic carbocycles. The van der Waals surface area contributed by atoms with E-state index < -0.39 is 5.91 Å². The van der Waals surface area contributed by atoms with Crippen LogP contribution >= 0.6 is 11.6 Å². The van der Waals surface area contributed by atoms with Crippen LogP contribution in [0.5, 0.6) is 11.5 Å². The Bertz CT molecular complexity index is 1330. The topological polar surface area (TPSA) is 117 Å². The summed E-state index contributed by atoms with van der Waals surface area (Å²) in [7, 11) is 0. The van der Waals surface area contributed by atoms with Crippen LogP contribution in [0.1, 0.15) is 11.1 Å². The molecule has 0 atom stereocenters. The van der Waals surface area contributed by atoms with Gasteiger partial charge in [-0.15, -0.1) is 0 Å². The van der Waals surface area contributed by atoms with E-state index in [1.54, 1.807) is 12.1 Å². The Morgan fingerprint density at radius 1 is 1.12 bits per heavy atom. The molecule has 2 heterocycles. The first-order chi connectivity index (χ1) is 16.4. The monoisotopic (exact) mass is 479 g/mol. The molecule has 4 aromatic rings. The van der Waals surface area contributed by atoms with Crippen molar-refractivity contribution in [2.24, 2.45) is 11.5 Å². The Morgan fingerprint density at radius 2 is 1.88 bits per heavy atom. The molecule has 0 unspecified atom stereocenters. The number of carbonyl (C=O) groups is 1. The molecule has 0 spiro atoms. The number of nitrogens with zero attached hydrogens (tertiary/aromatic N) is 2. The number of carbonyl (C=O) groups excluding carboxylic acids is 1. The number of imidazole rings is 1. The molecule has 0 saturated heterocycles. The number of aryl methyl sites for hydroxylation is 2. The SMILES string of the molecule is Cc1cccc(C)c1Nc1c(-c2c(Cl)cc(OCCN)cc2OCC(N)=O)nc2ccccn12. The Labute approximate surface area is 202 Å². The summed E-state index contributed by atoms with van der Waals surface area (Å²) in [4.78, 5) is 16.3. The van der Waals surface area contributed by atoms with Gasteiger partial charge < -0.3 is 26.3 Å². The number of anilines is 2. The minimum Gasteiger partial charge on any atom is -0.492 e. The summed E-state index contributed by atoms with van der Waals surface area (Å²) in [6, 6.07) is 15.2. The predicted octanol–water partition coefficient (Wildman–Crippen LogP) is 4.22.